The van der Waals surface area contributed by atoms with Gasteiger partial charge in [-0.3, -0.25) is 14.6 Å². The Kier molecular flexibility index (Phi) is 6.52. The molecule has 2 amide bonds. The topological polar surface area (TPSA) is 65.5 Å². The number of pyridine rings is 1. The molecular weight excluding hydrogens is 292 g/mol. The molecule has 1 saturated heterocycles. The molecule has 0 aliphatic carbocycles. The fraction of sp³-hybridized carbons (Fsp3) is 0.588. The first-order valence-electron chi connectivity index (χ1n) is 8.31. The fourth-order valence-corrected chi connectivity index (χ4v) is 2.81. The third-order valence-electron chi connectivity index (χ3n) is 4.29. The summed E-state index contributed by atoms with van der Waals surface area (Å²) < 4.78 is 0. The van der Waals surface area contributed by atoms with Crippen LogP contribution in [0.5, 0.6) is 0 Å². The molecule has 1 fully saturated rings. The van der Waals surface area contributed by atoms with Gasteiger partial charge in [-0.2, -0.15) is 0 Å². The van der Waals surface area contributed by atoms with E-state index >= 15 is 0 Å². The van der Waals surface area contributed by atoms with E-state index in [1.807, 2.05) is 18.2 Å². The average Bonchev–Trinajstić information content (AvgIpc) is 2.93. The SMILES string of the molecule is CCN(CC)CCNC(=O)[C@@H]1CC(=O)N(Cc2ccccn2)C1. The predicted molar refractivity (Wildman–Crippen MR) is 88.6 cm³/mol. The van der Waals surface area contributed by atoms with Crippen LogP contribution in [0.1, 0.15) is 26.0 Å². The molecule has 0 saturated carbocycles. The Hall–Kier alpha value is -1.95. The molecule has 0 spiro atoms. The Labute approximate surface area is 137 Å². The number of hydrogen-bond donors (Lipinski definition) is 1. The van der Waals surface area contributed by atoms with E-state index in [9.17, 15) is 9.59 Å². The van der Waals surface area contributed by atoms with Gasteiger partial charge in [-0.05, 0) is 25.2 Å². The number of hydrogen-bond acceptors (Lipinski definition) is 4. The standard InChI is InChI=1S/C17H26N4O2/c1-3-20(4-2)10-9-19-17(23)14-11-16(22)21(12-14)13-15-7-5-6-8-18-15/h5-8,14H,3-4,9-13H2,1-2H3,(H,19,23)/t14-/m1/s1. The van der Waals surface area contributed by atoms with E-state index in [4.69, 9.17) is 0 Å². The zero-order chi connectivity index (χ0) is 16.7. The summed E-state index contributed by atoms with van der Waals surface area (Å²) in [4.78, 5) is 32.5. The van der Waals surface area contributed by atoms with Crippen molar-refractivity contribution in [3.8, 4) is 0 Å². The smallest absolute Gasteiger partial charge is 0.225 e. The lowest BCUT2D eigenvalue weighted by Crippen LogP contribution is -2.38. The third kappa shape index (κ3) is 5.03. The average molecular weight is 318 g/mol. The van der Waals surface area contributed by atoms with Gasteiger partial charge in [0, 0.05) is 32.3 Å². The Morgan fingerprint density at radius 3 is 2.83 bits per heavy atom. The lowest BCUT2D eigenvalue weighted by molar-refractivity contribution is -0.129. The zero-order valence-corrected chi connectivity index (χ0v) is 14.0. The van der Waals surface area contributed by atoms with Crippen LogP contribution in [0.2, 0.25) is 0 Å². The maximum atomic E-state index is 12.2. The van der Waals surface area contributed by atoms with Crippen molar-refractivity contribution in [2.75, 3.05) is 32.7 Å². The number of carbonyl (C=O) groups excluding carboxylic acids is 2. The van der Waals surface area contributed by atoms with Gasteiger partial charge in [-0.1, -0.05) is 19.9 Å². The molecule has 1 aliphatic rings. The van der Waals surface area contributed by atoms with E-state index in [0.717, 1.165) is 25.3 Å². The molecule has 126 valence electrons. The van der Waals surface area contributed by atoms with Gasteiger partial charge >= 0.3 is 0 Å². The first-order chi connectivity index (χ1) is 11.1. The highest BCUT2D eigenvalue weighted by Gasteiger charge is 2.34. The molecular formula is C17H26N4O2. The molecule has 1 atom stereocenters. The Morgan fingerprint density at radius 1 is 1.39 bits per heavy atom. The second-order valence-corrected chi connectivity index (χ2v) is 5.81. The van der Waals surface area contributed by atoms with E-state index in [0.29, 0.717) is 26.1 Å². The minimum absolute atomic E-state index is 0.0194. The van der Waals surface area contributed by atoms with E-state index in [1.54, 1.807) is 11.1 Å². The lowest BCUT2D eigenvalue weighted by Gasteiger charge is -2.19. The zero-order valence-electron chi connectivity index (χ0n) is 14.0. The summed E-state index contributed by atoms with van der Waals surface area (Å²) in [5.74, 6) is -0.239. The van der Waals surface area contributed by atoms with Crippen molar-refractivity contribution in [2.24, 2.45) is 5.92 Å². The number of carbonyl (C=O) groups is 2. The molecule has 6 heteroatoms. The number of rotatable bonds is 8. The Bertz CT molecular complexity index is 517. The maximum absolute atomic E-state index is 12.2. The first-order valence-corrected chi connectivity index (χ1v) is 8.31. The number of likely N-dealkylation sites (N-methyl/N-ethyl adjacent to an activating group) is 1. The highest BCUT2D eigenvalue weighted by Crippen LogP contribution is 2.19. The molecule has 1 aromatic rings. The highest BCUT2D eigenvalue weighted by atomic mass is 16.2. The summed E-state index contributed by atoms with van der Waals surface area (Å²) >= 11 is 0. The van der Waals surface area contributed by atoms with Crippen molar-refractivity contribution >= 4 is 11.8 Å². The van der Waals surface area contributed by atoms with Gasteiger partial charge in [0.25, 0.3) is 0 Å². The van der Waals surface area contributed by atoms with Crippen LogP contribution in [0.25, 0.3) is 0 Å². The summed E-state index contributed by atoms with van der Waals surface area (Å²) in [6.45, 7) is 8.60. The quantitative estimate of drug-likeness (QED) is 0.773. The Balaban J connectivity index is 1.78. The van der Waals surface area contributed by atoms with Gasteiger partial charge < -0.3 is 15.1 Å². The molecule has 2 rings (SSSR count). The fourth-order valence-electron chi connectivity index (χ4n) is 2.81. The molecule has 23 heavy (non-hydrogen) atoms. The molecule has 0 aromatic carbocycles. The molecule has 2 heterocycles. The number of nitrogens with one attached hydrogen (secondary N) is 1. The summed E-state index contributed by atoms with van der Waals surface area (Å²) in [6, 6.07) is 5.65. The van der Waals surface area contributed by atoms with Gasteiger partial charge in [-0.15, -0.1) is 0 Å². The molecule has 6 nitrogen and oxygen atoms in total. The van der Waals surface area contributed by atoms with Crippen molar-refractivity contribution in [1.29, 1.82) is 0 Å². The highest BCUT2D eigenvalue weighted by molar-refractivity contribution is 5.89. The van der Waals surface area contributed by atoms with Gasteiger partial charge in [0.15, 0.2) is 0 Å². The first kappa shape index (κ1) is 17.4. The van der Waals surface area contributed by atoms with Crippen molar-refractivity contribution in [1.82, 2.24) is 20.1 Å². The van der Waals surface area contributed by atoms with Crippen molar-refractivity contribution in [3.63, 3.8) is 0 Å². The molecule has 1 aromatic heterocycles. The van der Waals surface area contributed by atoms with E-state index in [-0.39, 0.29) is 17.7 Å². The molecule has 0 unspecified atom stereocenters. The summed E-state index contributed by atoms with van der Waals surface area (Å²) in [6.07, 6.45) is 2.01. The maximum Gasteiger partial charge on any atom is 0.225 e. The molecule has 1 N–H and O–H groups in total. The van der Waals surface area contributed by atoms with E-state index in [2.05, 4.69) is 29.0 Å². The largest absolute Gasteiger partial charge is 0.355 e. The second kappa shape index (κ2) is 8.62. The molecule has 1 aliphatic heterocycles. The minimum atomic E-state index is -0.247. The lowest BCUT2D eigenvalue weighted by atomic mass is 10.1. The normalized spacial score (nSPS) is 17.8. The van der Waals surface area contributed by atoms with Gasteiger partial charge in [-0.25, -0.2) is 0 Å². The monoisotopic (exact) mass is 318 g/mol. The third-order valence-corrected chi connectivity index (χ3v) is 4.29. The van der Waals surface area contributed by atoms with Gasteiger partial charge in [0.2, 0.25) is 11.8 Å². The van der Waals surface area contributed by atoms with E-state index in [1.165, 1.54) is 0 Å². The molecule has 0 bridgehead atoms. The van der Waals surface area contributed by atoms with Crippen molar-refractivity contribution in [3.05, 3.63) is 30.1 Å². The van der Waals surface area contributed by atoms with Crippen LogP contribution in [0.3, 0.4) is 0 Å². The van der Waals surface area contributed by atoms with Crippen LogP contribution in [0.4, 0.5) is 0 Å². The van der Waals surface area contributed by atoms with Crippen molar-refractivity contribution < 1.29 is 9.59 Å². The van der Waals surface area contributed by atoms with Crippen LogP contribution in [0, 0.1) is 5.92 Å². The predicted octanol–water partition coefficient (Wildman–Crippen LogP) is 0.888. The number of aromatic nitrogens is 1. The van der Waals surface area contributed by atoms with Crippen LogP contribution in [0.15, 0.2) is 24.4 Å². The molecule has 0 radical (unpaired) electrons. The van der Waals surface area contributed by atoms with Crippen molar-refractivity contribution in [2.45, 2.75) is 26.8 Å². The minimum Gasteiger partial charge on any atom is -0.355 e. The summed E-state index contributed by atoms with van der Waals surface area (Å²) in [5.41, 5.74) is 0.850. The van der Waals surface area contributed by atoms with Gasteiger partial charge in [0.05, 0.1) is 18.2 Å². The second-order valence-electron chi connectivity index (χ2n) is 5.81. The van der Waals surface area contributed by atoms with Crippen LogP contribution in [-0.4, -0.2) is 59.3 Å². The number of likely N-dealkylation sites (tertiary alicyclic amines) is 1. The van der Waals surface area contributed by atoms with Crippen LogP contribution in [-0.2, 0) is 16.1 Å². The van der Waals surface area contributed by atoms with E-state index < -0.39 is 0 Å². The summed E-state index contributed by atoms with van der Waals surface area (Å²) in [5, 5.41) is 2.95. The Morgan fingerprint density at radius 2 is 2.17 bits per heavy atom. The summed E-state index contributed by atoms with van der Waals surface area (Å²) in [7, 11) is 0. The van der Waals surface area contributed by atoms with Crippen LogP contribution >= 0.6 is 0 Å². The van der Waals surface area contributed by atoms with Crippen LogP contribution < -0.4 is 5.32 Å². The number of amides is 2. The number of nitrogens with zero attached hydrogens (tertiary/aromatic N) is 3. The van der Waals surface area contributed by atoms with Gasteiger partial charge in [0.1, 0.15) is 0 Å².